The summed E-state index contributed by atoms with van der Waals surface area (Å²) < 4.78 is 2.36. The second-order valence-corrected chi connectivity index (χ2v) is 6.65. The first-order valence-electron chi connectivity index (χ1n) is 6.19. The summed E-state index contributed by atoms with van der Waals surface area (Å²) >= 11 is 7.30. The summed E-state index contributed by atoms with van der Waals surface area (Å²) in [6, 6.07) is 7.76. The molecule has 1 unspecified atom stereocenters. The Morgan fingerprint density at radius 3 is 2.41 bits per heavy atom. The molecule has 1 saturated carbocycles. The van der Waals surface area contributed by atoms with Gasteiger partial charge in [0, 0.05) is 34.1 Å². The minimum Gasteiger partial charge on any atom is -0.368 e. The van der Waals surface area contributed by atoms with Gasteiger partial charge in [0.15, 0.2) is 0 Å². The molecule has 92 valence electrons. The van der Waals surface area contributed by atoms with Gasteiger partial charge in [0.1, 0.15) is 0 Å². The van der Waals surface area contributed by atoms with Crippen LogP contribution < -0.4 is 10.2 Å². The van der Waals surface area contributed by atoms with E-state index in [4.69, 9.17) is 0 Å². The van der Waals surface area contributed by atoms with Crippen molar-refractivity contribution in [3.8, 4) is 0 Å². The fraction of sp³-hybridized carbons (Fsp3) is 0.538. The fourth-order valence-electron chi connectivity index (χ4n) is 2.47. The van der Waals surface area contributed by atoms with Crippen LogP contribution in [0, 0.1) is 0 Å². The lowest BCUT2D eigenvalue weighted by atomic mass is 10.2. The molecule has 1 atom stereocenters. The first-order valence-corrected chi connectivity index (χ1v) is 7.77. The van der Waals surface area contributed by atoms with E-state index >= 15 is 0 Å². The third-order valence-corrected chi connectivity index (χ3v) is 4.77. The van der Waals surface area contributed by atoms with Gasteiger partial charge in [-0.2, -0.15) is 0 Å². The molecule has 17 heavy (non-hydrogen) atoms. The third-order valence-electron chi connectivity index (χ3n) is 3.49. The van der Waals surface area contributed by atoms with Gasteiger partial charge in [-0.3, -0.25) is 0 Å². The van der Waals surface area contributed by atoms with Gasteiger partial charge in [0.25, 0.3) is 0 Å². The van der Waals surface area contributed by atoms with Crippen molar-refractivity contribution in [2.75, 3.05) is 18.0 Å². The van der Waals surface area contributed by atoms with Crippen molar-refractivity contribution < 1.29 is 0 Å². The number of anilines is 1. The lowest BCUT2D eigenvalue weighted by molar-refractivity contribution is 0.548. The maximum atomic E-state index is 3.72. The zero-order valence-electron chi connectivity index (χ0n) is 9.63. The highest BCUT2D eigenvalue weighted by Crippen LogP contribution is 2.36. The molecule has 1 aliphatic carbocycles. The summed E-state index contributed by atoms with van der Waals surface area (Å²) in [5.41, 5.74) is 1.30. The Hall–Kier alpha value is -0.0600. The molecule has 1 saturated heterocycles. The molecule has 0 spiro atoms. The molecule has 0 bridgehead atoms. The van der Waals surface area contributed by atoms with Gasteiger partial charge in [-0.1, -0.05) is 6.07 Å². The van der Waals surface area contributed by atoms with E-state index in [2.05, 4.69) is 60.3 Å². The molecule has 2 aliphatic rings. The molecule has 2 nitrogen and oxygen atoms in total. The predicted octanol–water partition coefficient (Wildman–Crippen LogP) is 3.54. The van der Waals surface area contributed by atoms with Crippen LogP contribution in [0.3, 0.4) is 0 Å². The van der Waals surface area contributed by atoms with Gasteiger partial charge in [-0.05, 0) is 63.3 Å². The van der Waals surface area contributed by atoms with Crippen molar-refractivity contribution >= 4 is 37.5 Å². The second-order valence-electron chi connectivity index (χ2n) is 4.94. The van der Waals surface area contributed by atoms with Crippen molar-refractivity contribution in [2.45, 2.75) is 31.3 Å². The van der Waals surface area contributed by atoms with E-state index in [1.54, 1.807) is 0 Å². The molecule has 1 aliphatic heterocycles. The van der Waals surface area contributed by atoms with Gasteiger partial charge in [0.05, 0.1) is 5.69 Å². The van der Waals surface area contributed by atoms with E-state index < -0.39 is 0 Å². The SMILES string of the molecule is Brc1cccc(Br)c1N1CCC(NC2CC2)C1. The standard InChI is InChI=1S/C13H16Br2N2/c14-11-2-1-3-12(15)13(11)17-7-6-10(8-17)16-9-4-5-9/h1-3,9-10,16H,4-8H2. The average Bonchev–Trinajstić information content (AvgIpc) is 2.97. The molecule has 1 N–H and O–H groups in total. The lowest BCUT2D eigenvalue weighted by Gasteiger charge is -2.22. The van der Waals surface area contributed by atoms with E-state index in [0.29, 0.717) is 6.04 Å². The highest BCUT2D eigenvalue weighted by molar-refractivity contribution is 9.11. The van der Waals surface area contributed by atoms with E-state index in [0.717, 1.165) is 19.1 Å². The maximum absolute atomic E-state index is 3.72. The normalized spacial score (nSPS) is 24.4. The molecule has 3 rings (SSSR count). The summed E-state index contributed by atoms with van der Waals surface area (Å²) in [7, 11) is 0. The first-order chi connectivity index (χ1) is 8.24. The number of halogens is 2. The van der Waals surface area contributed by atoms with Gasteiger partial charge in [-0.15, -0.1) is 0 Å². The second kappa shape index (κ2) is 4.90. The quantitative estimate of drug-likeness (QED) is 0.887. The van der Waals surface area contributed by atoms with Gasteiger partial charge in [0.2, 0.25) is 0 Å². The minimum atomic E-state index is 0.668. The van der Waals surface area contributed by atoms with Crippen LogP contribution in [0.4, 0.5) is 5.69 Å². The number of nitrogens with zero attached hydrogens (tertiary/aromatic N) is 1. The molecular formula is C13H16Br2N2. The number of para-hydroxylation sites is 1. The van der Waals surface area contributed by atoms with Crippen molar-refractivity contribution in [3.05, 3.63) is 27.1 Å². The van der Waals surface area contributed by atoms with Crippen LogP contribution in [0.2, 0.25) is 0 Å². The van der Waals surface area contributed by atoms with Gasteiger partial charge >= 0.3 is 0 Å². The number of benzene rings is 1. The molecule has 1 aromatic rings. The van der Waals surface area contributed by atoms with Gasteiger partial charge in [-0.25, -0.2) is 0 Å². The summed E-state index contributed by atoms with van der Waals surface area (Å²) in [5.74, 6) is 0. The van der Waals surface area contributed by atoms with E-state index in [1.807, 2.05) is 0 Å². The minimum absolute atomic E-state index is 0.668. The Kier molecular flexibility index (Phi) is 3.46. The number of nitrogens with one attached hydrogen (secondary N) is 1. The highest BCUT2D eigenvalue weighted by atomic mass is 79.9. The Morgan fingerprint density at radius 2 is 1.76 bits per heavy atom. The topological polar surface area (TPSA) is 15.3 Å². The van der Waals surface area contributed by atoms with Crippen molar-refractivity contribution in [2.24, 2.45) is 0 Å². The van der Waals surface area contributed by atoms with Crippen LogP contribution in [-0.4, -0.2) is 25.2 Å². The molecular weight excluding hydrogens is 344 g/mol. The Bertz CT molecular complexity index is 398. The molecule has 1 aromatic carbocycles. The molecule has 2 fully saturated rings. The molecule has 1 heterocycles. The molecule has 0 radical (unpaired) electrons. The zero-order chi connectivity index (χ0) is 11.8. The zero-order valence-corrected chi connectivity index (χ0v) is 12.8. The maximum Gasteiger partial charge on any atom is 0.0655 e. The van der Waals surface area contributed by atoms with Crippen LogP contribution >= 0.6 is 31.9 Å². The van der Waals surface area contributed by atoms with Crippen molar-refractivity contribution in [1.82, 2.24) is 5.32 Å². The third kappa shape index (κ3) is 2.69. The first kappa shape index (κ1) is 12.0. The van der Waals surface area contributed by atoms with E-state index in [-0.39, 0.29) is 0 Å². The summed E-state index contributed by atoms with van der Waals surface area (Å²) in [6.07, 6.45) is 3.99. The van der Waals surface area contributed by atoms with E-state index in [9.17, 15) is 0 Å². The number of hydrogen-bond donors (Lipinski definition) is 1. The Balaban J connectivity index is 1.72. The van der Waals surface area contributed by atoms with Crippen LogP contribution in [0.1, 0.15) is 19.3 Å². The molecule has 0 aromatic heterocycles. The monoisotopic (exact) mass is 358 g/mol. The van der Waals surface area contributed by atoms with Crippen molar-refractivity contribution in [3.63, 3.8) is 0 Å². The van der Waals surface area contributed by atoms with Crippen LogP contribution in [-0.2, 0) is 0 Å². The fourth-order valence-corrected chi connectivity index (χ4v) is 3.97. The molecule has 0 amide bonds. The van der Waals surface area contributed by atoms with E-state index in [1.165, 1.54) is 33.9 Å². The Labute approximate surface area is 119 Å². The molecule has 4 heteroatoms. The Morgan fingerprint density at radius 1 is 1.06 bits per heavy atom. The van der Waals surface area contributed by atoms with Crippen LogP contribution in [0.15, 0.2) is 27.1 Å². The largest absolute Gasteiger partial charge is 0.368 e. The van der Waals surface area contributed by atoms with Crippen LogP contribution in [0.25, 0.3) is 0 Å². The number of rotatable bonds is 3. The average molecular weight is 360 g/mol. The summed E-state index contributed by atoms with van der Waals surface area (Å²) in [6.45, 7) is 2.27. The summed E-state index contributed by atoms with van der Waals surface area (Å²) in [5, 5.41) is 3.72. The smallest absolute Gasteiger partial charge is 0.0655 e. The van der Waals surface area contributed by atoms with Crippen molar-refractivity contribution in [1.29, 1.82) is 0 Å². The lowest BCUT2D eigenvalue weighted by Crippen LogP contribution is -2.34. The summed E-state index contributed by atoms with van der Waals surface area (Å²) in [4.78, 5) is 2.47. The highest BCUT2D eigenvalue weighted by Gasteiger charge is 2.30. The predicted molar refractivity (Wildman–Crippen MR) is 78.6 cm³/mol. The van der Waals surface area contributed by atoms with Gasteiger partial charge < -0.3 is 10.2 Å². The van der Waals surface area contributed by atoms with Crippen LogP contribution in [0.5, 0.6) is 0 Å². The number of hydrogen-bond acceptors (Lipinski definition) is 2.